The summed E-state index contributed by atoms with van der Waals surface area (Å²) < 4.78 is 21.5. The van der Waals surface area contributed by atoms with Crippen molar-refractivity contribution >= 4 is 11.8 Å². The van der Waals surface area contributed by atoms with E-state index >= 15 is 0 Å². The Morgan fingerprint density at radius 3 is 2.47 bits per heavy atom. The molecule has 8 aliphatic rings. The molecule has 13 N–H and O–H groups in total. The second-order valence-corrected chi connectivity index (χ2v) is 20.9. The second-order valence-electron chi connectivity index (χ2n) is 20.9. The van der Waals surface area contributed by atoms with Gasteiger partial charge in [0.1, 0.15) is 23.7 Å². The third kappa shape index (κ3) is 8.43. The summed E-state index contributed by atoms with van der Waals surface area (Å²) in [6.45, 7) is 6.01. The molecule has 5 aliphatic heterocycles. The van der Waals surface area contributed by atoms with Crippen molar-refractivity contribution < 1.29 is 54.9 Å². The zero-order valence-electron chi connectivity index (χ0n) is 36.5. The van der Waals surface area contributed by atoms with E-state index in [1.54, 1.807) is 0 Å². The Morgan fingerprint density at radius 2 is 1.75 bits per heavy atom. The number of fused-ring (bicyclic) bond motifs is 5. The number of nitrogens with one attached hydrogen (secondary N) is 1. The van der Waals surface area contributed by atoms with Crippen LogP contribution in [-0.2, 0) is 23.8 Å². The number of ketones is 1. The SMILES string of the molecule is CC=C(CC[NH2+]C)C(=O)OC1CC2C(O)C3C(=O)CC(CO)OC3C3C2OC1(C)C(CC1CCC(N)[NH2+]C1)CC1CCC2CCC(O)CC2C(CO)C3C2CCNC(N)C12. The van der Waals surface area contributed by atoms with Crippen LogP contribution in [-0.4, -0.2) is 127 Å². The number of allylic oxidation sites excluding steroid dienone is 1. The molecule has 8 fully saturated rings. The van der Waals surface area contributed by atoms with Gasteiger partial charge >= 0.3 is 5.97 Å². The molecule has 8 rings (SSSR count). The van der Waals surface area contributed by atoms with Gasteiger partial charge in [0, 0.05) is 49.2 Å². The van der Waals surface area contributed by atoms with Crippen molar-refractivity contribution in [2.45, 2.75) is 152 Å². The fourth-order valence-corrected chi connectivity index (χ4v) is 14.9. The molecule has 21 unspecified atom stereocenters. The predicted octanol–water partition coefficient (Wildman–Crippen LogP) is -0.492. The maximum Gasteiger partial charge on any atom is 0.334 e. The van der Waals surface area contributed by atoms with Crippen LogP contribution in [0.1, 0.15) is 97.3 Å². The number of nitrogens with two attached hydrogens (primary N) is 4. The molecule has 0 spiro atoms. The van der Waals surface area contributed by atoms with E-state index in [1.165, 1.54) is 0 Å². The second kappa shape index (κ2) is 18.9. The fourth-order valence-electron chi connectivity index (χ4n) is 14.9. The Balaban J connectivity index is 1.33. The Labute approximate surface area is 357 Å². The lowest BCUT2D eigenvalue weighted by Crippen LogP contribution is -2.95. The number of hydrogen-bond acceptors (Lipinski definition) is 12. The van der Waals surface area contributed by atoms with Crippen molar-refractivity contribution in [1.29, 1.82) is 0 Å². The van der Waals surface area contributed by atoms with Gasteiger partial charge in [-0.1, -0.05) is 6.08 Å². The van der Waals surface area contributed by atoms with Gasteiger partial charge in [-0.05, 0) is 132 Å². The summed E-state index contributed by atoms with van der Waals surface area (Å²) >= 11 is 0. The highest BCUT2D eigenvalue weighted by Crippen LogP contribution is 2.61. The normalized spacial score (nSPS) is 49.6. The van der Waals surface area contributed by atoms with Crippen molar-refractivity contribution in [2.75, 3.05) is 39.9 Å². The average Bonchev–Trinajstić information content (AvgIpc) is 3.28. The number of carbonyl (C=O) groups excluding carboxylic acids is 2. The molecule has 5 saturated heterocycles. The van der Waals surface area contributed by atoms with Gasteiger partial charge in [-0.2, -0.15) is 0 Å². The van der Waals surface area contributed by atoms with E-state index in [4.69, 9.17) is 25.7 Å². The molecule has 0 aromatic rings. The lowest BCUT2D eigenvalue weighted by molar-refractivity contribution is -0.703. The smallest absolute Gasteiger partial charge is 0.334 e. The number of aliphatic hydroxyl groups is 4. The molecule has 4 bridgehead atoms. The lowest BCUT2D eigenvalue weighted by atomic mass is 9.50. The highest BCUT2D eigenvalue weighted by molar-refractivity contribution is 5.88. The number of hydrogen-bond donors (Lipinski definition) is 9. The van der Waals surface area contributed by atoms with Crippen LogP contribution >= 0.6 is 0 Å². The van der Waals surface area contributed by atoms with Gasteiger partial charge in [0.25, 0.3) is 0 Å². The first kappa shape index (κ1) is 45.0. The van der Waals surface area contributed by atoms with Gasteiger partial charge in [-0.25, -0.2) is 4.79 Å². The summed E-state index contributed by atoms with van der Waals surface area (Å²) in [6.07, 6.45) is 6.83. The summed E-state index contributed by atoms with van der Waals surface area (Å²) in [5.74, 6) is -1.81. The maximum absolute atomic E-state index is 14.4. The standard InChI is InChI=1S/C46H77N5O9/c1-4-24(11-13-49-3)45(57)59-35-19-32-41(56)39-34(55)18-29(21-52)58-43(39)40-38-30-12-14-50-44(48)37(30)26(7-6-25-8-9-28(54)17-31(25)33(38)22-53)16-27(46(35,2)60-42(32)40)15-23-5-10-36(47)51-20-23/h4,23,25-33,35-44,49-54,56H,5-22,47-48H2,1-3H3/p+2. The predicted molar refractivity (Wildman–Crippen MR) is 222 cm³/mol. The molecule has 340 valence electrons. The van der Waals surface area contributed by atoms with Crippen LogP contribution < -0.4 is 27.4 Å². The molecular weight excluding hydrogens is 767 g/mol. The van der Waals surface area contributed by atoms with E-state index in [0.29, 0.717) is 36.7 Å². The largest absolute Gasteiger partial charge is 0.456 e. The first-order chi connectivity index (χ1) is 28.9. The van der Waals surface area contributed by atoms with Crippen LogP contribution in [0.4, 0.5) is 0 Å². The van der Waals surface area contributed by atoms with Crippen molar-refractivity contribution in [2.24, 2.45) is 82.5 Å². The van der Waals surface area contributed by atoms with Crippen molar-refractivity contribution in [1.82, 2.24) is 5.32 Å². The Bertz CT molecular complexity index is 1530. The molecular formula is C46H79N5O9+2. The van der Waals surface area contributed by atoms with Gasteiger partial charge in [-0.3, -0.25) is 10.5 Å². The molecule has 0 radical (unpaired) electrons. The molecule has 3 aliphatic carbocycles. The fraction of sp³-hybridized carbons (Fsp3) is 0.913. The Morgan fingerprint density at radius 1 is 0.967 bits per heavy atom. The van der Waals surface area contributed by atoms with Crippen molar-refractivity contribution in [3.63, 3.8) is 0 Å². The van der Waals surface area contributed by atoms with Crippen LogP contribution in [0.5, 0.6) is 0 Å². The number of aliphatic hydroxyl groups excluding tert-OH is 4. The van der Waals surface area contributed by atoms with Crippen molar-refractivity contribution in [3.8, 4) is 0 Å². The van der Waals surface area contributed by atoms with Crippen LogP contribution in [0, 0.1) is 71.0 Å². The Kier molecular flexibility index (Phi) is 14.2. The van der Waals surface area contributed by atoms with Gasteiger partial charge < -0.3 is 56.3 Å². The first-order valence-electron chi connectivity index (χ1n) is 24.1. The molecule has 14 heteroatoms. The number of ether oxygens (including phenoxy) is 3. The summed E-state index contributed by atoms with van der Waals surface area (Å²) in [5, 5.41) is 54.3. The van der Waals surface area contributed by atoms with Crippen LogP contribution in [0.25, 0.3) is 0 Å². The summed E-state index contributed by atoms with van der Waals surface area (Å²) in [5.41, 5.74) is 13.4. The summed E-state index contributed by atoms with van der Waals surface area (Å²) in [6, 6.07) is 0. The molecule has 0 aromatic carbocycles. The maximum atomic E-state index is 14.4. The zero-order chi connectivity index (χ0) is 42.5. The van der Waals surface area contributed by atoms with Crippen LogP contribution in [0.15, 0.2) is 11.6 Å². The van der Waals surface area contributed by atoms with E-state index in [9.17, 15) is 30.0 Å². The minimum absolute atomic E-state index is 0.00691. The minimum Gasteiger partial charge on any atom is -0.456 e. The molecule has 0 amide bonds. The molecule has 3 saturated carbocycles. The highest BCUT2D eigenvalue weighted by Gasteiger charge is 2.67. The molecule has 60 heavy (non-hydrogen) atoms. The number of esters is 1. The number of piperidine rings is 2. The van der Waals surface area contributed by atoms with Gasteiger partial charge in [0.15, 0.2) is 0 Å². The van der Waals surface area contributed by atoms with Gasteiger partial charge in [0.05, 0.1) is 69.3 Å². The van der Waals surface area contributed by atoms with E-state index in [2.05, 4.69) is 17.6 Å². The van der Waals surface area contributed by atoms with Crippen molar-refractivity contribution in [3.05, 3.63) is 11.6 Å². The summed E-state index contributed by atoms with van der Waals surface area (Å²) in [4.78, 5) is 28.7. The van der Waals surface area contributed by atoms with Crippen LogP contribution in [0.2, 0.25) is 0 Å². The molecule has 21 atom stereocenters. The third-order valence-electron chi connectivity index (χ3n) is 17.9. The summed E-state index contributed by atoms with van der Waals surface area (Å²) in [7, 11) is 1.99. The van der Waals surface area contributed by atoms with Crippen LogP contribution in [0.3, 0.4) is 0 Å². The third-order valence-corrected chi connectivity index (χ3v) is 17.9. The molecule has 14 nitrogen and oxygen atoms in total. The zero-order valence-corrected chi connectivity index (χ0v) is 36.5. The quantitative estimate of drug-likeness (QED) is 0.106. The van der Waals surface area contributed by atoms with E-state index in [-0.39, 0.29) is 85.1 Å². The minimum atomic E-state index is -1.12. The monoisotopic (exact) mass is 846 g/mol. The van der Waals surface area contributed by atoms with E-state index in [0.717, 1.165) is 77.4 Å². The molecule has 0 aromatic heterocycles. The molecule has 5 heterocycles. The first-order valence-corrected chi connectivity index (χ1v) is 24.1. The van der Waals surface area contributed by atoms with E-state index < -0.39 is 60.0 Å². The average molecular weight is 846 g/mol. The van der Waals surface area contributed by atoms with E-state index in [1.807, 2.05) is 25.4 Å². The number of carbonyl (C=O) groups is 2. The topological polar surface area (TPSA) is 240 Å². The van der Waals surface area contributed by atoms with Gasteiger partial charge in [-0.15, -0.1) is 0 Å². The van der Waals surface area contributed by atoms with Gasteiger partial charge in [0.2, 0.25) is 0 Å². The number of quaternary nitrogens is 2. The lowest BCUT2D eigenvalue weighted by Gasteiger charge is -2.63. The number of Topliss-reactive ketones (excluding diaryl/α,β-unsaturated/α-hetero) is 1. The number of rotatable bonds is 9. The highest BCUT2D eigenvalue weighted by atomic mass is 16.6. The Hall–Kier alpha value is -1.56.